The lowest BCUT2D eigenvalue weighted by Gasteiger charge is -2.14. The van der Waals surface area contributed by atoms with E-state index in [4.69, 9.17) is 0 Å². The zero-order valence-electron chi connectivity index (χ0n) is 12.2. The molecule has 0 saturated carbocycles. The molecule has 2 heterocycles. The molecule has 0 aliphatic rings. The molecular formula is C18H22N2. The lowest BCUT2D eigenvalue weighted by atomic mass is 9.92. The van der Waals surface area contributed by atoms with Gasteiger partial charge in [0, 0.05) is 36.6 Å². The number of rotatable bonds is 6. The van der Waals surface area contributed by atoms with Gasteiger partial charge in [-0.25, -0.2) is 0 Å². The molecule has 2 rings (SSSR count). The van der Waals surface area contributed by atoms with Crippen molar-refractivity contribution in [2.75, 3.05) is 0 Å². The molecule has 0 radical (unpaired) electrons. The highest BCUT2D eigenvalue weighted by atomic mass is 14.6. The van der Waals surface area contributed by atoms with E-state index in [1.54, 1.807) is 0 Å². The van der Waals surface area contributed by atoms with Crippen molar-refractivity contribution in [1.29, 1.82) is 0 Å². The molecule has 104 valence electrons. The van der Waals surface area contributed by atoms with E-state index in [1.807, 2.05) is 24.8 Å². The van der Waals surface area contributed by atoms with Gasteiger partial charge in [0.1, 0.15) is 0 Å². The quantitative estimate of drug-likeness (QED) is 0.707. The van der Waals surface area contributed by atoms with Crippen molar-refractivity contribution in [1.82, 2.24) is 9.97 Å². The van der Waals surface area contributed by atoms with Crippen LogP contribution in [-0.4, -0.2) is 9.97 Å². The van der Waals surface area contributed by atoms with Gasteiger partial charge in [-0.1, -0.05) is 26.0 Å². The summed E-state index contributed by atoms with van der Waals surface area (Å²) >= 11 is 0. The molecule has 2 aromatic rings. The monoisotopic (exact) mass is 266 g/mol. The van der Waals surface area contributed by atoms with Crippen molar-refractivity contribution in [2.45, 2.75) is 38.5 Å². The SMILES string of the molecule is CCC(/C=C/C(CC)c1ccncc1)c1ccncc1. The minimum atomic E-state index is 0.467. The maximum absolute atomic E-state index is 4.09. The molecular weight excluding hydrogens is 244 g/mol. The first-order valence-corrected chi connectivity index (χ1v) is 7.33. The topological polar surface area (TPSA) is 25.8 Å². The highest BCUT2D eigenvalue weighted by molar-refractivity contribution is 5.25. The first-order chi connectivity index (χ1) is 9.85. The Morgan fingerprint density at radius 2 is 1.10 bits per heavy atom. The molecule has 2 nitrogen and oxygen atoms in total. The van der Waals surface area contributed by atoms with Gasteiger partial charge < -0.3 is 0 Å². The molecule has 2 unspecified atom stereocenters. The van der Waals surface area contributed by atoms with Crippen LogP contribution < -0.4 is 0 Å². The summed E-state index contributed by atoms with van der Waals surface area (Å²) in [4.78, 5) is 8.18. The molecule has 2 aromatic heterocycles. The van der Waals surface area contributed by atoms with Crippen LogP contribution in [0.3, 0.4) is 0 Å². The molecule has 0 aliphatic heterocycles. The van der Waals surface area contributed by atoms with Crippen LogP contribution in [0.25, 0.3) is 0 Å². The Kier molecular flexibility index (Phi) is 5.48. The molecule has 0 aliphatic carbocycles. The number of hydrogen-bond acceptors (Lipinski definition) is 2. The van der Waals surface area contributed by atoms with Crippen molar-refractivity contribution >= 4 is 0 Å². The first-order valence-electron chi connectivity index (χ1n) is 7.33. The summed E-state index contributed by atoms with van der Waals surface area (Å²) in [5, 5.41) is 0. The molecule has 0 spiro atoms. The summed E-state index contributed by atoms with van der Waals surface area (Å²) in [5.41, 5.74) is 2.67. The lowest BCUT2D eigenvalue weighted by molar-refractivity contribution is 0.765. The Bertz CT molecular complexity index is 470. The number of nitrogens with zero attached hydrogens (tertiary/aromatic N) is 2. The van der Waals surface area contributed by atoms with Gasteiger partial charge in [-0.3, -0.25) is 9.97 Å². The third-order valence-electron chi connectivity index (χ3n) is 3.72. The van der Waals surface area contributed by atoms with E-state index in [9.17, 15) is 0 Å². The highest BCUT2D eigenvalue weighted by Crippen LogP contribution is 2.25. The normalized spacial score (nSPS) is 14.3. The summed E-state index contributed by atoms with van der Waals surface area (Å²) in [6, 6.07) is 8.41. The van der Waals surface area contributed by atoms with E-state index in [0.29, 0.717) is 11.8 Å². The maximum Gasteiger partial charge on any atom is 0.0270 e. The third-order valence-corrected chi connectivity index (χ3v) is 3.72. The average Bonchev–Trinajstić information content (AvgIpc) is 2.53. The van der Waals surface area contributed by atoms with Gasteiger partial charge in [-0.05, 0) is 48.2 Å². The predicted octanol–water partition coefficient (Wildman–Crippen LogP) is 4.72. The van der Waals surface area contributed by atoms with Crippen LogP contribution in [0.15, 0.2) is 61.2 Å². The zero-order valence-corrected chi connectivity index (χ0v) is 12.2. The molecule has 0 saturated heterocycles. The van der Waals surface area contributed by atoms with E-state index >= 15 is 0 Å². The standard InChI is InChI=1S/C18H22N2/c1-3-15(17-7-11-19-12-8-17)5-6-16(4-2)18-9-13-20-14-10-18/h5-16H,3-4H2,1-2H3/b6-5+. The largest absolute Gasteiger partial charge is 0.265 e. The fourth-order valence-corrected chi connectivity index (χ4v) is 2.46. The van der Waals surface area contributed by atoms with Crippen LogP contribution in [0.1, 0.15) is 49.7 Å². The van der Waals surface area contributed by atoms with Gasteiger partial charge in [0.25, 0.3) is 0 Å². The minimum absolute atomic E-state index is 0.467. The van der Waals surface area contributed by atoms with Crippen molar-refractivity contribution in [3.05, 3.63) is 72.3 Å². The van der Waals surface area contributed by atoms with E-state index in [0.717, 1.165) is 12.8 Å². The minimum Gasteiger partial charge on any atom is -0.265 e. The molecule has 2 atom stereocenters. The van der Waals surface area contributed by atoms with Gasteiger partial charge in [-0.2, -0.15) is 0 Å². The number of allylic oxidation sites excluding steroid dienone is 2. The molecule has 0 fully saturated rings. The lowest BCUT2D eigenvalue weighted by Crippen LogP contribution is -1.97. The Labute approximate surface area is 121 Å². The predicted molar refractivity (Wildman–Crippen MR) is 83.7 cm³/mol. The van der Waals surface area contributed by atoms with Crippen molar-refractivity contribution in [3.8, 4) is 0 Å². The van der Waals surface area contributed by atoms with E-state index in [2.05, 4.69) is 60.2 Å². The Balaban J connectivity index is 2.13. The fourth-order valence-electron chi connectivity index (χ4n) is 2.46. The fraction of sp³-hybridized carbons (Fsp3) is 0.333. The van der Waals surface area contributed by atoms with Crippen LogP contribution in [0.5, 0.6) is 0 Å². The maximum atomic E-state index is 4.09. The van der Waals surface area contributed by atoms with Gasteiger partial charge in [0.2, 0.25) is 0 Å². The van der Waals surface area contributed by atoms with Gasteiger partial charge in [0.05, 0.1) is 0 Å². The Morgan fingerprint density at radius 3 is 1.40 bits per heavy atom. The molecule has 0 N–H and O–H groups in total. The van der Waals surface area contributed by atoms with Gasteiger partial charge in [0.15, 0.2) is 0 Å². The Hall–Kier alpha value is -1.96. The van der Waals surface area contributed by atoms with Crippen molar-refractivity contribution < 1.29 is 0 Å². The number of aromatic nitrogens is 2. The summed E-state index contributed by atoms with van der Waals surface area (Å²) in [5.74, 6) is 0.933. The van der Waals surface area contributed by atoms with E-state index in [-0.39, 0.29) is 0 Å². The van der Waals surface area contributed by atoms with Crippen LogP contribution in [0.4, 0.5) is 0 Å². The molecule has 20 heavy (non-hydrogen) atoms. The molecule has 0 bridgehead atoms. The summed E-state index contributed by atoms with van der Waals surface area (Å²) in [7, 11) is 0. The van der Waals surface area contributed by atoms with Crippen LogP contribution in [-0.2, 0) is 0 Å². The molecule has 0 amide bonds. The second kappa shape index (κ2) is 7.59. The van der Waals surface area contributed by atoms with Crippen LogP contribution >= 0.6 is 0 Å². The van der Waals surface area contributed by atoms with Crippen molar-refractivity contribution in [3.63, 3.8) is 0 Å². The summed E-state index contributed by atoms with van der Waals surface area (Å²) in [6.45, 7) is 4.45. The molecule has 2 heteroatoms. The second-order valence-electron chi connectivity index (χ2n) is 4.98. The number of pyridine rings is 2. The molecule has 0 aromatic carbocycles. The Morgan fingerprint density at radius 1 is 0.750 bits per heavy atom. The van der Waals surface area contributed by atoms with E-state index < -0.39 is 0 Å². The second-order valence-corrected chi connectivity index (χ2v) is 4.98. The summed E-state index contributed by atoms with van der Waals surface area (Å²) in [6.07, 6.45) is 14.4. The third kappa shape index (κ3) is 3.77. The van der Waals surface area contributed by atoms with E-state index in [1.165, 1.54) is 11.1 Å². The first kappa shape index (κ1) is 14.4. The smallest absolute Gasteiger partial charge is 0.0270 e. The van der Waals surface area contributed by atoms with Crippen molar-refractivity contribution in [2.24, 2.45) is 0 Å². The highest BCUT2D eigenvalue weighted by Gasteiger charge is 2.08. The van der Waals surface area contributed by atoms with Gasteiger partial charge >= 0.3 is 0 Å². The zero-order chi connectivity index (χ0) is 14.2. The van der Waals surface area contributed by atoms with Crippen LogP contribution in [0.2, 0.25) is 0 Å². The average molecular weight is 266 g/mol. The summed E-state index contributed by atoms with van der Waals surface area (Å²) < 4.78 is 0. The van der Waals surface area contributed by atoms with Gasteiger partial charge in [-0.15, -0.1) is 0 Å². The number of hydrogen-bond donors (Lipinski definition) is 0. The van der Waals surface area contributed by atoms with Crippen LogP contribution in [0, 0.1) is 0 Å².